The van der Waals surface area contributed by atoms with Crippen LogP contribution in [0.5, 0.6) is 5.75 Å². The Morgan fingerprint density at radius 2 is 1.78 bits per heavy atom. The van der Waals surface area contributed by atoms with Crippen molar-refractivity contribution < 1.29 is 9.13 Å². The number of hydrogen-bond acceptors (Lipinski definition) is 2. The highest BCUT2D eigenvalue weighted by Gasteiger charge is 2.08. The maximum Gasteiger partial charge on any atom is 0.134 e. The molecule has 0 aliphatic rings. The van der Waals surface area contributed by atoms with Gasteiger partial charge in [-0.2, -0.15) is 0 Å². The summed E-state index contributed by atoms with van der Waals surface area (Å²) in [6.07, 6.45) is 0. The average molecular weight is 310 g/mol. The van der Waals surface area contributed by atoms with Crippen molar-refractivity contribution in [1.82, 2.24) is 0 Å². The lowest BCUT2D eigenvalue weighted by Gasteiger charge is -2.10. The van der Waals surface area contributed by atoms with Gasteiger partial charge in [-0.15, -0.1) is 0 Å². The summed E-state index contributed by atoms with van der Waals surface area (Å²) in [5, 5.41) is 0. The topological polar surface area (TPSA) is 35.2 Å². The molecule has 0 radical (unpaired) electrons. The van der Waals surface area contributed by atoms with Crippen molar-refractivity contribution in [2.45, 2.75) is 13.2 Å². The van der Waals surface area contributed by atoms with Gasteiger partial charge in [0.2, 0.25) is 0 Å². The lowest BCUT2D eigenvalue weighted by atomic mass is 10.1. The Bertz CT molecular complexity index is 545. The van der Waals surface area contributed by atoms with Gasteiger partial charge in [0.05, 0.1) is 4.47 Å². The normalized spacial score (nSPS) is 10.4. The standard InChI is InChI=1S/C14H13BrFNO/c15-12-6-1-2-7-13(12)18-9-11-5-3-4-10(8-17)14(11)16/h1-7H,8-9,17H2. The molecule has 2 aromatic rings. The molecular weight excluding hydrogens is 297 g/mol. The smallest absolute Gasteiger partial charge is 0.134 e. The lowest BCUT2D eigenvalue weighted by Crippen LogP contribution is -2.05. The van der Waals surface area contributed by atoms with E-state index >= 15 is 0 Å². The molecule has 2 N–H and O–H groups in total. The Labute approximate surface area is 114 Å². The minimum Gasteiger partial charge on any atom is -0.488 e. The maximum atomic E-state index is 13.9. The third-order valence-electron chi connectivity index (χ3n) is 2.60. The Hall–Kier alpha value is -1.39. The van der Waals surface area contributed by atoms with Crippen LogP contribution in [0.4, 0.5) is 4.39 Å². The first-order chi connectivity index (χ1) is 8.72. The van der Waals surface area contributed by atoms with E-state index in [0.717, 1.165) is 4.47 Å². The zero-order chi connectivity index (χ0) is 13.0. The van der Waals surface area contributed by atoms with E-state index in [1.54, 1.807) is 18.2 Å². The van der Waals surface area contributed by atoms with Crippen LogP contribution in [0.1, 0.15) is 11.1 Å². The van der Waals surface area contributed by atoms with Crippen LogP contribution in [0.3, 0.4) is 0 Å². The monoisotopic (exact) mass is 309 g/mol. The lowest BCUT2D eigenvalue weighted by molar-refractivity contribution is 0.297. The Morgan fingerprint density at radius 1 is 1.06 bits per heavy atom. The molecule has 0 saturated heterocycles. The molecule has 0 aromatic heterocycles. The number of halogens is 2. The quantitative estimate of drug-likeness (QED) is 0.936. The third kappa shape index (κ3) is 2.89. The van der Waals surface area contributed by atoms with Gasteiger partial charge in [0.1, 0.15) is 18.2 Å². The molecule has 0 bridgehead atoms. The SMILES string of the molecule is NCc1cccc(COc2ccccc2Br)c1F. The van der Waals surface area contributed by atoms with E-state index in [-0.39, 0.29) is 19.0 Å². The fourth-order valence-electron chi connectivity index (χ4n) is 1.62. The van der Waals surface area contributed by atoms with Crippen LogP contribution >= 0.6 is 15.9 Å². The van der Waals surface area contributed by atoms with Gasteiger partial charge in [-0.25, -0.2) is 4.39 Å². The van der Waals surface area contributed by atoms with Crippen LogP contribution in [0.2, 0.25) is 0 Å². The van der Waals surface area contributed by atoms with E-state index in [1.807, 2.05) is 24.3 Å². The molecule has 0 aliphatic heterocycles. The van der Waals surface area contributed by atoms with Crippen molar-refractivity contribution in [3.63, 3.8) is 0 Å². The van der Waals surface area contributed by atoms with E-state index in [0.29, 0.717) is 16.9 Å². The summed E-state index contributed by atoms with van der Waals surface area (Å²) < 4.78 is 20.3. The van der Waals surface area contributed by atoms with Crippen molar-refractivity contribution in [2.24, 2.45) is 5.73 Å². The molecule has 0 spiro atoms. The molecule has 2 rings (SSSR count). The highest BCUT2D eigenvalue weighted by Crippen LogP contribution is 2.25. The van der Waals surface area contributed by atoms with Gasteiger partial charge in [-0.05, 0) is 28.1 Å². The molecule has 0 fully saturated rings. The Morgan fingerprint density at radius 3 is 2.50 bits per heavy atom. The molecule has 0 saturated carbocycles. The fraction of sp³-hybridized carbons (Fsp3) is 0.143. The first-order valence-electron chi connectivity index (χ1n) is 5.56. The first-order valence-corrected chi connectivity index (χ1v) is 6.35. The number of benzene rings is 2. The second-order valence-corrected chi connectivity index (χ2v) is 4.67. The zero-order valence-corrected chi connectivity index (χ0v) is 11.3. The van der Waals surface area contributed by atoms with Gasteiger partial charge in [0.15, 0.2) is 0 Å². The third-order valence-corrected chi connectivity index (χ3v) is 3.25. The summed E-state index contributed by atoms with van der Waals surface area (Å²) in [5.74, 6) is 0.405. The highest BCUT2D eigenvalue weighted by atomic mass is 79.9. The van der Waals surface area contributed by atoms with Gasteiger partial charge in [0, 0.05) is 17.7 Å². The fourth-order valence-corrected chi connectivity index (χ4v) is 2.02. The van der Waals surface area contributed by atoms with Gasteiger partial charge < -0.3 is 10.5 Å². The predicted molar refractivity (Wildman–Crippen MR) is 72.8 cm³/mol. The summed E-state index contributed by atoms with van der Waals surface area (Å²) >= 11 is 3.38. The van der Waals surface area contributed by atoms with E-state index in [1.165, 1.54) is 0 Å². The van der Waals surface area contributed by atoms with E-state index in [4.69, 9.17) is 10.5 Å². The molecule has 2 aromatic carbocycles. The summed E-state index contributed by atoms with van der Waals surface area (Å²) in [4.78, 5) is 0. The molecule has 18 heavy (non-hydrogen) atoms. The second-order valence-electron chi connectivity index (χ2n) is 3.81. The van der Waals surface area contributed by atoms with Crippen molar-refractivity contribution in [3.8, 4) is 5.75 Å². The maximum absolute atomic E-state index is 13.9. The highest BCUT2D eigenvalue weighted by molar-refractivity contribution is 9.10. The predicted octanol–water partition coefficient (Wildman–Crippen LogP) is 3.63. The molecule has 0 unspecified atom stereocenters. The molecule has 0 amide bonds. The van der Waals surface area contributed by atoms with Crippen LogP contribution in [0, 0.1) is 5.82 Å². The minimum absolute atomic E-state index is 0.183. The van der Waals surface area contributed by atoms with Crippen molar-refractivity contribution in [3.05, 3.63) is 63.9 Å². The molecular formula is C14H13BrFNO. The molecule has 4 heteroatoms. The summed E-state index contributed by atoms with van der Waals surface area (Å²) in [6.45, 7) is 0.372. The van der Waals surface area contributed by atoms with E-state index < -0.39 is 0 Å². The largest absolute Gasteiger partial charge is 0.488 e. The zero-order valence-electron chi connectivity index (χ0n) is 9.70. The van der Waals surface area contributed by atoms with Gasteiger partial charge in [-0.1, -0.05) is 30.3 Å². The van der Waals surface area contributed by atoms with Gasteiger partial charge in [-0.3, -0.25) is 0 Å². The molecule has 0 atom stereocenters. The van der Waals surface area contributed by atoms with E-state index in [2.05, 4.69) is 15.9 Å². The number of ether oxygens (including phenoxy) is 1. The average Bonchev–Trinajstić information content (AvgIpc) is 2.39. The van der Waals surface area contributed by atoms with Crippen molar-refractivity contribution in [2.75, 3.05) is 0 Å². The molecule has 0 aliphatic carbocycles. The van der Waals surface area contributed by atoms with Crippen LogP contribution in [-0.4, -0.2) is 0 Å². The Balaban J connectivity index is 2.14. The summed E-state index contributed by atoms with van der Waals surface area (Å²) in [5.41, 5.74) is 6.47. The second kappa shape index (κ2) is 5.98. The first kappa shape index (κ1) is 13.1. The van der Waals surface area contributed by atoms with Gasteiger partial charge in [0.25, 0.3) is 0 Å². The summed E-state index contributed by atoms with van der Waals surface area (Å²) in [6, 6.07) is 12.6. The minimum atomic E-state index is -0.285. The van der Waals surface area contributed by atoms with E-state index in [9.17, 15) is 4.39 Å². The number of nitrogens with two attached hydrogens (primary N) is 1. The molecule has 0 heterocycles. The van der Waals surface area contributed by atoms with Crippen molar-refractivity contribution >= 4 is 15.9 Å². The van der Waals surface area contributed by atoms with Crippen LogP contribution in [-0.2, 0) is 13.2 Å². The number of rotatable bonds is 4. The number of para-hydroxylation sites is 1. The van der Waals surface area contributed by atoms with Crippen molar-refractivity contribution in [1.29, 1.82) is 0 Å². The Kier molecular flexibility index (Phi) is 4.33. The molecule has 94 valence electrons. The summed E-state index contributed by atoms with van der Waals surface area (Å²) in [7, 11) is 0. The number of hydrogen-bond donors (Lipinski definition) is 1. The van der Waals surface area contributed by atoms with Crippen LogP contribution in [0.25, 0.3) is 0 Å². The van der Waals surface area contributed by atoms with Gasteiger partial charge >= 0.3 is 0 Å². The van der Waals surface area contributed by atoms with Crippen LogP contribution in [0.15, 0.2) is 46.9 Å². The van der Waals surface area contributed by atoms with Crippen LogP contribution < -0.4 is 10.5 Å². The molecule has 2 nitrogen and oxygen atoms in total.